The summed E-state index contributed by atoms with van der Waals surface area (Å²) in [5.41, 5.74) is 0. The molecule has 6 heteroatoms. The lowest BCUT2D eigenvalue weighted by Gasteiger charge is -2.41. The van der Waals surface area contributed by atoms with Crippen LogP contribution in [0.5, 0.6) is 0 Å². The van der Waals surface area contributed by atoms with Gasteiger partial charge in [-0.25, -0.2) is 4.79 Å². The second kappa shape index (κ2) is 42.2. The van der Waals surface area contributed by atoms with E-state index >= 15 is 0 Å². The summed E-state index contributed by atoms with van der Waals surface area (Å²) in [5.74, 6) is -0.563. The van der Waals surface area contributed by atoms with E-state index < -0.39 is 10.0 Å². The molecule has 0 radical (unpaired) electrons. The number of carboxylic acid groups (broad SMARTS) is 1. The van der Waals surface area contributed by atoms with Gasteiger partial charge in [0.2, 0.25) is 0 Å². The molecule has 0 aliphatic heterocycles. The van der Waals surface area contributed by atoms with E-state index in [-0.39, 0.29) is 4.58 Å². The first kappa shape index (κ1) is 57.9. The Morgan fingerprint density at radius 3 is 0.807 bits per heavy atom. The Labute approximate surface area is 376 Å². The average Bonchev–Trinajstić information content (AvgIpc) is 3.18. The molecule has 0 saturated heterocycles. The highest BCUT2D eigenvalue weighted by Gasteiger charge is 2.51. The minimum absolute atomic E-state index is 0.0418. The second-order valence-corrected chi connectivity index (χ2v) is 25.1. The van der Waals surface area contributed by atoms with Gasteiger partial charge in [0.15, 0.2) is 4.08 Å². The Bertz CT molecular complexity index is 784. The van der Waals surface area contributed by atoms with Gasteiger partial charge in [-0.15, -0.1) is 47.0 Å². The van der Waals surface area contributed by atoms with Gasteiger partial charge in [-0.2, -0.15) is 0 Å². The Balaban J connectivity index is 5.92. The quantitative estimate of drug-likeness (QED) is 0.0485. The van der Waals surface area contributed by atoms with Crippen LogP contribution < -0.4 is 0 Å². The number of hydrogen-bond acceptors (Lipinski definition) is 5. The van der Waals surface area contributed by atoms with Gasteiger partial charge in [-0.3, -0.25) is 0 Å². The summed E-state index contributed by atoms with van der Waals surface area (Å²) < 4.78 is -0.796. The molecule has 1 N–H and O–H groups in total. The van der Waals surface area contributed by atoms with Crippen LogP contribution in [0.3, 0.4) is 0 Å². The van der Waals surface area contributed by atoms with Crippen molar-refractivity contribution in [3.8, 4) is 0 Å². The first-order chi connectivity index (χ1) is 27.7. The molecular formula is C51H102O2S4. The van der Waals surface area contributed by atoms with E-state index in [4.69, 9.17) is 0 Å². The van der Waals surface area contributed by atoms with E-state index in [9.17, 15) is 9.90 Å². The van der Waals surface area contributed by atoms with Crippen LogP contribution in [-0.4, -0.2) is 40.7 Å². The monoisotopic (exact) mass is 875 g/mol. The summed E-state index contributed by atoms with van der Waals surface area (Å²) >= 11 is 7.80. The minimum Gasteiger partial charge on any atom is -0.480 e. The van der Waals surface area contributed by atoms with Crippen molar-refractivity contribution in [3.63, 3.8) is 0 Å². The molecule has 4 unspecified atom stereocenters. The standard InChI is InChI=1S/C51H102O2S4/c1-9-13-17-21-25-29-33-37-41-45(5)54-50(55-46(6)42-38-34-30-26-22-18-14-10-2)51(49(52)53,56-47(7)43-39-35-31-27-23-19-15-11-3)57-48(8)44-40-36-32-28-24-20-16-12-4/h45-48,50H,9-44H2,1-8H3,(H,52,53). The zero-order valence-electron chi connectivity index (χ0n) is 39.8. The third-order valence-corrected chi connectivity index (χ3v) is 19.2. The molecule has 342 valence electrons. The maximum atomic E-state index is 14.0. The van der Waals surface area contributed by atoms with Crippen LogP contribution in [0.2, 0.25) is 0 Å². The normalized spacial score (nSPS) is 15.6. The lowest BCUT2D eigenvalue weighted by Crippen LogP contribution is -2.44. The highest BCUT2D eigenvalue weighted by atomic mass is 32.2. The summed E-state index contributed by atoms with van der Waals surface area (Å²) in [6, 6.07) is 0. The number of carbonyl (C=O) groups is 1. The second-order valence-electron chi connectivity index (χ2n) is 18.1. The summed E-state index contributed by atoms with van der Waals surface area (Å²) in [6.07, 6.45) is 47.5. The highest BCUT2D eigenvalue weighted by molar-refractivity contribution is 8.25. The van der Waals surface area contributed by atoms with Gasteiger partial charge >= 0.3 is 5.97 Å². The van der Waals surface area contributed by atoms with Crippen LogP contribution in [0, 0.1) is 0 Å². The molecule has 0 aliphatic rings. The molecule has 2 nitrogen and oxygen atoms in total. The van der Waals surface area contributed by atoms with Gasteiger partial charge in [0.1, 0.15) is 0 Å². The molecule has 0 fully saturated rings. The van der Waals surface area contributed by atoms with Crippen LogP contribution >= 0.6 is 47.0 Å². The van der Waals surface area contributed by atoms with E-state index in [1.165, 1.54) is 218 Å². The zero-order chi connectivity index (χ0) is 42.2. The molecule has 0 aromatic carbocycles. The first-order valence-electron chi connectivity index (χ1n) is 25.6. The van der Waals surface area contributed by atoms with E-state index in [0.29, 0.717) is 21.0 Å². The smallest absolute Gasteiger partial charge is 0.332 e. The van der Waals surface area contributed by atoms with Crippen molar-refractivity contribution in [2.24, 2.45) is 0 Å². The lowest BCUT2D eigenvalue weighted by molar-refractivity contribution is -0.137. The van der Waals surface area contributed by atoms with Gasteiger partial charge in [0.05, 0.1) is 4.58 Å². The fourth-order valence-corrected chi connectivity index (χ4v) is 16.2. The Hall–Kier alpha value is 0.870. The zero-order valence-corrected chi connectivity index (χ0v) is 43.1. The maximum Gasteiger partial charge on any atom is 0.332 e. The first-order valence-corrected chi connectivity index (χ1v) is 29.2. The number of rotatable bonds is 46. The molecule has 0 aromatic heterocycles. The van der Waals surface area contributed by atoms with Crippen LogP contribution in [-0.2, 0) is 4.79 Å². The fourth-order valence-electron chi connectivity index (χ4n) is 8.09. The van der Waals surface area contributed by atoms with Crippen molar-refractivity contribution >= 4 is 53.0 Å². The third kappa shape index (κ3) is 34.1. The van der Waals surface area contributed by atoms with E-state index in [2.05, 4.69) is 55.4 Å². The largest absolute Gasteiger partial charge is 0.480 e. The fraction of sp³-hybridized carbons (Fsp3) is 0.980. The van der Waals surface area contributed by atoms with Crippen LogP contribution in [0.25, 0.3) is 0 Å². The van der Waals surface area contributed by atoms with E-state index in [0.717, 1.165) is 12.8 Å². The SMILES string of the molecule is CCCCCCCCCCC(C)SC(SC(C)CCCCCCCCCC)C(SC(C)CCCCCCCCCC)(SC(C)CCCCCCCCCC)C(=O)O. The van der Waals surface area contributed by atoms with Crippen LogP contribution in [0.4, 0.5) is 0 Å². The number of carboxylic acids is 1. The molecule has 4 atom stereocenters. The van der Waals surface area contributed by atoms with Gasteiger partial charge in [-0.1, -0.05) is 261 Å². The van der Waals surface area contributed by atoms with E-state index in [1.54, 1.807) is 0 Å². The summed E-state index contributed by atoms with van der Waals surface area (Å²) in [6.45, 7) is 18.7. The number of aliphatic carboxylic acids is 1. The molecule has 0 aromatic rings. The Kier molecular flexibility index (Phi) is 42.8. The molecule has 0 bridgehead atoms. The van der Waals surface area contributed by atoms with Crippen molar-refractivity contribution in [1.29, 1.82) is 0 Å². The molecule has 0 heterocycles. The van der Waals surface area contributed by atoms with Crippen LogP contribution in [0.15, 0.2) is 0 Å². The molecule has 0 rings (SSSR count). The highest BCUT2D eigenvalue weighted by Crippen LogP contribution is 2.56. The number of thioether (sulfide) groups is 4. The van der Waals surface area contributed by atoms with Gasteiger partial charge in [-0.05, 0) is 25.7 Å². The Morgan fingerprint density at radius 1 is 0.368 bits per heavy atom. The predicted octanol–water partition coefficient (Wildman–Crippen LogP) is 19.7. The lowest BCUT2D eigenvalue weighted by atomic mass is 10.1. The molecule has 0 aliphatic carbocycles. The van der Waals surface area contributed by atoms with Crippen LogP contribution in [0.1, 0.15) is 287 Å². The maximum absolute atomic E-state index is 14.0. The van der Waals surface area contributed by atoms with E-state index in [1.807, 2.05) is 47.0 Å². The molecule has 0 amide bonds. The molecular weight excluding hydrogens is 773 g/mol. The van der Waals surface area contributed by atoms with Crippen molar-refractivity contribution in [2.45, 2.75) is 316 Å². The minimum atomic E-state index is -0.838. The van der Waals surface area contributed by atoms with Crippen molar-refractivity contribution in [3.05, 3.63) is 0 Å². The summed E-state index contributed by atoms with van der Waals surface area (Å²) in [4.78, 5) is 14.0. The molecule has 0 spiro atoms. The average molecular weight is 876 g/mol. The number of hydrogen-bond donors (Lipinski definition) is 1. The topological polar surface area (TPSA) is 37.3 Å². The summed E-state index contributed by atoms with van der Waals surface area (Å²) in [7, 11) is 0. The van der Waals surface area contributed by atoms with Crippen molar-refractivity contribution in [2.75, 3.05) is 0 Å². The molecule has 0 saturated carbocycles. The van der Waals surface area contributed by atoms with Crippen molar-refractivity contribution in [1.82, 2.24) is 0 Å². The summed E-state index contributed by atoms with van der Waals surface area (Å²) in [5, 5.41) is 13.2. The predicted molar refractivity (Wildman–Crippen MR) is 271 cm³/mol. The Morgan fingerprint density at radius 2 is 0.579 bits per heavy atom. The number of unbranched alkanes of at least 4 members (excludes halogenated alkanes) is 28. The van der Waals surface area contributed by atoms with Gasteiger partial charge < -0.3 is 5.11 Å². The van der Waals surface area contributed by atoms with Crippen molar-refractivity contribution < 1.29 is 9.90 Å². The van der Waals surface area contributed by atoms with Gasteiger partial charge in [0.25, 0.3) is 0 Å². The van der Waals surface area contributed by atoms with Gasteiger partial charge in [0, 0.05) is 21.0 Å². The third-order valence-electron chi connectivity index (χ3n) is 11.9. The molecule has 57 heavy (non-hydrogen) atoms.